The number of pyridine rings is 1. The lowest BCUT2D eigenvalue weighted by Gasteiger charge is -2.06. The van der Waals surface area contributed by atoms with Crippen LogP contribution in [0.1, 0.15) is 10.4 Å². The minimum atomic E-state index is -0.549. The normalized spacial score (nSPS) is 10.3. The lowest BCUT2D eigenvalue weighted by molar-refractivity contribution is 0.102. The highest BCUT2D eigenvalue weighted by Crippen LogP contribution is 2.18. The van der Waals surface area contributed by atoms with E-state index < -0.39 is 11.7 Å². The lowest BCUT2D eigenvalue weighted by Crippen LogP contribution is -2.20. The topological polar surface area (TPSA) is 51.1 Å². The summed E-state index contributed by atoms with van der Waals surface area (Å²) < 4.78 is 14.5. The molecular formula is C13H10ClFN2O2. The zero-order valence-corrected chi connectivity index (χ0v) is 10.7. The molecule has 6 heteroatoms. The molecule has 98 valence electrons. The van der Waals surface area contributed by atoms with Crippen molar-refractivity contribution in [2.24, 2.45) is 7.05 Å². The second-order valence-electron chi connectivity index (χ2n) is 3.98. The first kappa shape index (κ1) is 13.3. The van der Waals surface area contributed by atoms with Gasteiger partial charge in [-0.15, -0.1) is 0 Å². The van der Waals surface area contributed by atoms with Crippen LogP contribution >= 0.6 is 11.6 Å². The molecule has 1 aromatic carbocycles. The van der Waals surface area contributed by atoms with E-state index in [-0.39, 0.29) is 21.8 Å². The van der Waals surface area contributed by atoms with Crippen molar-refractivity contribution in [1.29, 1.82) is 0 Å². The summed E-state index contributed by atoms with van der Waals surface area (Å²) in [6, 6.07) is 6.40. The Bertz CT molecular complexity index is 677. The van der Waals surface area contributed by atoms with Gasteiger partial charge < -0.3 is 9.88 Å². The Morgan fingerprint density at radius 3 is 2.68 bits per heavy atom. The Balaban J connectivity index is 2.25. The third-order valence-corrected chi connectivity index (χ3v) is 2.71. The molecule has 0 atom stereocenters. The van der Waals surface area contributed by atoms with Crippen molar-refractivity contribution in [3.05, 3.63) is 63.3 Å². The van der Waals surface area contributed by atoms with E-state index in [4.69, 9.17) is 11.6 Å². The molecule has 0 aliphatic carbocycles. The molecule has 0 fully saturated rings. The van der Waals surface area contributed by atoms with Gasteiger partial charge in [-0.2, -0.15) is 0 Å². The second kappa shape index (κ2) is 5.24. The van der Waals surface area contributed by atoms with Gasteiger partial charge in [-0.3, -0.25) is 9.59 Å². The molecule has 1 amide bonds. The molecule has 0 bridgehead atoms. The van der Waals surface area contributed by atoms with Gasteiger partial charge >= 0.3 is 0 Å². The van der Waals surface area contributed by atoms with Gasteiger partial charge in [0.05, 0.1) is 0 Å². The first-order valence-electron chi connectivity index (χ1n) is 5.40. The van der Waals surface area contributed by atoms with Crippen LogP contribution in [0.15, 0.2) is 41.3 Å². The standard InChI is InChI=1S/C13H10ClFN2O2/c1-17-3-2-8(4-12(17)18)13(19)16-11-6-9(14)5-10(15)7-11/h2-7H,1H3,(H,16,19). The second-order valence-corrected chi connectivity index (χ2v) is 4.41. The highest BCUT2D eigenvalue weighted by Gasteiger charge is 2.08. The molecule has 0 aliphatic rings. The van der Waals surface area contributed by atoms with E-state index in [1.165, 1.54) is 29.0 Å². The number of aromatic nitrogens is 1. The monoisotopic (exact) mass is 280 g/mol. The van der Waals surface area contributed by atoms with E-state index in [9.17, 15) is 14.0 Å². The fourth-order valence-electron chi connectivity index (χ4n) is 1.52. The van der Waals surface area contributed by atoms with Gasteiger partial charge in [0, 0.05) is 35.6 Å². The third-order valence-electron chi connectivity index (χ3n) is 2.49. The molecule has 4 nitrogen and oxygen atoms in total. The van der Waals surface area contributed by atoms with Crippen LogP contribution < -0.4 is 10.9 Å². The van der Waals surface area contributed by atoms with Crippen molar-refractivity contribution in [2.75, 3.05) is 5.32 Å². The number of nitrogens with one attached hydrogen (secondary N) is 1. The maximum absolute atomic E-state index is 13.1. The van der Waals surface area contributed by atoms with Crippen molar-refractivity contribution >= 4 is 23.2 Å². The summed E-state index contributed by atoms with van der Waals surface area (Å²) in [6.45, 7) is 0. The SMILES string of the molecule is Cn1ccc(C(=O)Nc2cc(F)cc(Cl)c2)cc1=O. The summed E-state index contributed by atoms with van der Waals surface area (Å²) in [5.41, 5.74) is 0.129. The number of nitrogens with zero attached hydrogens (tertiary/aromatic N) is 1. The van der Waals surface area contributed by atoms with Gasteiger partial charge in [-0.1, -0.05) is 11.6 Å². The predicted molar refractivity (Wildman–Crippen MR) is 71.0 cm³/mol. The lowest BCUT2D eigenvalue weighted by atomic mass is 10.2. The van der Waals surface area contributed by atoms with Crippen molar-refractivity contribution in [3.8, 4) is 0 Å². The largest absolute Gasteiger partial charge is 0.322 e. The Labute approximate surface area is 113 Å². The van der Waals surface area contributed by atoms with E-state index in [2.05, 4.69) is 5.32 Å². The van der Waals surface area contributed by atoms with Crippen LogP contribution in [-0.4, -0.2) is 10.5 Å². The molecule has 1 N–H and O–H groups in total. The molecule has 0 aliphatic heterocycles. The third kappa shape index (κ3) is 3.20. The van der Waals surface area contributed by atoms with E-state index in [1.807, 2.05) is 0 Å². The zero-order valence-electron chi connectivity index (χ0n) is 9.98. The molecule has 2 aromatic rings. The van der Waals surface area contributed by atoms with Gasteiger partial charge in [0.15, 0.2) is 0 Å². The quantitative estimate of drug-likeness (QED) is 0.918. The highest BCUT2D eigenvalue weighted by molar-refractivity contribution is 6.31. The molecule has 0 saturated carbocycles. The number of hydrogen-bond donors (Lipinski definition) is 1. The van der Waals surface area contributed by atoms with Crippen LogP contribution in [0.25, 0.3) is 0 Å². The van der Waals surface area contributed by atoms with Gasteiger partial charge in [0.25, 0.3) is 11.5 Å². The minimum Gasteiger partial charge on any atom is -0.322 e. The molecule has 19 heavy (non-hydrogen) atoms. The Kier molecular flexibility index (Phi) is 3.66. The molecule has 0 spiro atoms. The maximum atomic E-state index is 13.1. The van der Waals surface area contributed by atoms with E-state index in [1.54, 1.807) is 7.05 Å². The Morgan fingerprint density at radius 2 is 2.05 bits per heavy atom. The number of benzene rings is 1. The number of amides is 1. The van der Waals surface area contributed by atoms with Gasteiger partial charge in [-0.05, 0) is 24.3 Å². The predicted octanol–water partition coefficient (Wildman–Crippen LogP) is 2.43. The average Bonchev–Trinajstić information content (AvgIpc) is 2.31. The van der Waals surface area contributed by atoms with Crippen LogP contribution in [0.4, 0.5) is 10.1 Å². The van der Waals surface area contributed by atoms with Crippen molar-refractivity contribution in [3.63, 3.8) is 0 Å². The smallest absolute Gasteiger partial charge is 0.255 e. The van der Waals surface area contributed by atoms with Gasteiger partial charge in [-0.25, -0.2) is 4.39 Å². The van der Waals surface area contributed by atoms with Crippen LogP contribution in [0.2, 0.25) is 5.02 Å². The van der Waals surface area contributed by atoms with Crippen LogP contribution in [-0.2, 0) is 7.05 Å². The highest BCUT2D eigenvalue weighted by atomic mass is 35.5. The van der Waals surface area contributed by atoms with Crippen molar-refractivity contribution in [2.45, 2.75) is 0 Å². The zero-order chi connectivity index (χ0) is 14.0. The minimum absolute atomic E-state index is 0.180. The summed E-state index contributed by atoms with van der Waals surface area (Å²) in [4.78, 5) is 23.3. The molecular weight excluding hydrogens is 271 g/mol. The van der Waals surface area contributed by atoms with Gasteiger partial charge in [0.1, 0.15) is 5.82 Å². The Morgan fingerprint density at radius 1 is 1.32 bits per heavy atom. The Hall–Kier alpha value is -2.14. The van der Waals surface area contributed by atoms with E-state index in [0.29, 0.717) is 0 Å². The fraction of sp³-hybridized carbons (Fsp3) is 0.0769. The number of hydrogen-bond acceptors (Lipinski definition) is 2. The van der Waals surface area contributed by atoms with Crippen molar-refractivity contribution in [1.82, 2.24) is 4.57 Å². The summed E-state index contributed by atoms with van der Waals surface area (Å²) in [7, 11) is 1.58. The number of carbonyl (C=O) groups excluding carboxylic acids is 1. The summed E-state index contributed by atoms with van der Waals surface area (Å²) >= 11 is 5.68. The fourth-order valence-corrected chi connectivity index (χ4v) is 1.74. The molecule has 0 saturated heterocycles. The van der Waals surface area contributed by atoms with E-state index in [0.717, 1.165) is 12.1 Å². The van der Waals surface area contributed by atoms with E-state index >= 15 is 0 Å². The number of halogens is 2. The summed E-state index contributed by atoms with van der Waals surface area (Å²) in [5, 5.41) is 2.65. The van der Waals surface area contributed by atoms with Crippen LogP contribution in [0.5, 0.6) is 0 Å². The maximum Gasteiger partial charge on any atom is 0.255 e. The van der Waals surface area contributed by atoms with Crippen LogP contribution in [0.3, 0.4) is 0 Å². The van der Waals surface area contributed by atoms with Crippen molar-refractivity contribution < 1.29 is 9.18 Å². The molecule has 1 aromatic heterocycles. The number of aryl methyl sites for hydroxylation is 1. The molecule has 1 heterocycles. The van der Waals surface area contributed by atoms with Crippen LogP contribution in [0, 0.1) is 5.82 Å². The average molecular weight is 281 g/mol. The number of carbonyl (C=O) groups is 1. The molecule has 2 rings (SSSR count). The first-order valence-corrected chi connectivity index (χ1v) is 5.77. The first-order chi connectivity index (χ1) is 8.95. The number of anilines is 1. The molecule has 0 radical (unpaired) electrons. The number of rotatable bonds is 2. The summed E-state index contributed by atoms with van der Waals surface area (Å²) in [6.07, 6.45) is 1.48. The summed E-state index contributed by atoms with van der Waals surface area (Å²) in [5.74, 6) is -1.05. The molecule has 0 unspecified atom stereocenters. The van der Waals surface area contributed by atoms with Gasteiger partial charge in [0.2, 0.25) is 0 Å².